The molecule has 0 atom stereocenters. The van der Waals surface area contributed by atoms with Crippen molar-refractivity contribution < 1.29 is 9.53 Å². The van der Waals surface area contributed by atoms with E-state index in [1.807, 2.05) is 42.5 Å². The molecule has 1 N–H and O–H groups in total. The SMILES string of the molecule is O=C(CSc1nnc(COc2ccccc2Cl)n1C1CC1)Nc1ccccc1Br. The molecule has 6 nitrogen and oxygen atoms in total. The summed E-state index contributed by atoms with van der Waals surface area (Å²) in [6.07, 6.45) is 2.15. The van der Waals surface area contributed by atoms with Gasteiger partial charge in [0.15, 0.2) is 11.0 Å². The number of rotatable bonds is 8. The number of thioether (sulfide) groups is 1. The molecule has 0 saturated heterocycles. The minimum absolute atomic E-state index is 0.0962. The number of nitrogens with zero attached hydrogens (tertiary/aromatic N) is 3. The van der Waals surface area contributed by atoms with E-state index in [0.717, 1.165) is 34.0 Å². The van der Waals surface area contributed by atoms with E-state index in [1.165, 1.54) is 11.8 Å². The summed E-state index contributed by atoms with van der Waals surface area (Å²) in [6, 6.07) is 15.2. The van der Waals surface area contributed by atoms with Gasteiger partial charge in [0.1, 0.15) is 12.4 Å². The topological polar surface area (TPSA) is 69.0 Å². The summed E-state index contributed by atoms with van der Waals surface area (Å²) >= 11 is 11.0. The van der Waals surface area contributed by atoms with Crippen LogP contribution in [0.2, 0.25) is 5.02 Å². The van der Waals surface area contributed by atoms with Crippen LogP contribution in [0.3, 0.4) is 0 Å². The Kier molecular flexibility index (Phi) is 6.42. The summed E-state index contributed by atoms with van der Waals surface area (Å²) in [5.74, 6) is 1.50. The van der Waals surface area contributed by atoms with Crippen LogP contribution in [0, 0.1) is 0 Å². The van der Waals surface area contributed by atoms with E-state index in [1.54, 1.807) is 6.07 Å². The zero-order chi connectivity index (χ0) is 20.2. The van der Waals surface area contributed by atoms with Crippen LogP contribution in [0.15, 0.2) is 58.2 Å². The summed E-state index contributed by atoms with van der Waals surface area (Å²) in [7, 11) is 0. The average molecular weight is 494 g/mol. The quantitative estimate of drug-likeness (QED) is 0.429. The minimum Gasteiger partial charge on any atom is -0.484 e. The Labute approximate surface area is 186 Å². The van der Waals surface area contributed by atoms with Gasteiger partial charge in [0.25, 0.3) is 0 Å². The second-order valence-corrected chi connectivity index (χ2v) is 8.74. The van der Waals surface area contributed by atoms with Gasteiger partial charge in [0.2, 0.25) is 5.91 Å². The highest BCUT2D eigenvalue weighted by atomic mass is 79.9. The van der Waals surface area contributed by atoms with Crippen molar-refractivity contribution in [3.63, 3.8) is 0 Å². The molecule has 150 valence electrons. The Morgan fingerprint density at radius 3 is 2.72 bits per heavy atom. The monoisotopic (exact) mass is 492 g/mol. The third-order valence-electron chi connectivity index (χ3n) is 4.32. The molecule has 9 heteroatoms. The van der Waals surface area contributed by atoms with Crippen molar-refractivity contribution in [2.24, 2.45) is 0 Å². The van der Waals surface area contributed by atoms with E-state index < -0.39 is 0 Å². The first-order valence-electron chi connectivity index (χ1n) is 9.10. The number of anilines is 1. The van der Waals surface area contributed by atoms with Crippen LogP contribution < -0.4 is 10.1 Å². The lowest BCUT2D eigenvalue weighted by molar-refractivity contribution is -0.113. The van der Waals surface area contributed by atoms with Gasteiger partial charge >= 0.3 is 0 Å². The lowest BCUT2D eigenvalue weighted by Gasteiger charge is -2.11. The summed E-state index contributed by atoms with van der Waals surface area (Å²) in [5.41, 5.74) is 0.746. The first-order valence-corrected chi connectivity index (χ1v) is 11.3. The molecule has 2 aromatic carbocycles. The van der Waals surface area contributed by atoms with E-state index in [2.05, 4.69) is 36.0 Å². The zero-order valence-electron chi connectivity index (χ0n) is 15.3. The number of benzene rings is 2. The van der Waals surface area contributed by atoms with Crippen molar-refractivity contribution in [2.45, 2.75) is 30.6 Å². The molecule has 1 aliphatic carbocycles. The van der Waals surface area contributed by atoms with Crippen LogP contribution in [0.25, 0.3) is 0 Å². The van der Waals surface area contributed by atoms with E-state index >= 15 is 0 Å². The molecule has 0 radical (unpaired) electrons. The maximum Gasteiger partial charge on any atom is 0.234 e. The van der Waals surface area contributed by atoms with Crippen LogP contribution in [0.5, 0.6) is 5.75 Å². The van der Waals surface area contributed by atoms with Crippen molar-refractivity contribution >= 4 is 50.9 Å². The fourth-order valence-electron chi connectivity index (χ4n) is 2.79. The lowest BCUT2D eigenvalue weighted by atomic mass is 10.3. The molecule has 1 aliphatic rings. The first kappa shape index (κ1) is 20.3. The second-order valence-electron chi connectivity index (χ2n) is 6.54. The highest BCUT2D eigenvalue weighted by molar-refractivity contribution is 9.10. The molecule has 1 aromatic heterocycles. The van der Waals surface area contributed by atoms with Crippen molar-refractivity contribution in [1.29, 1.82) is 0 Å². The van der Waals surface area contributed by atoms with Crippen LogP contribution in [-0.2, 0) is 11.4 Å². The molecule has 0 bridgehead atoms. The van der Waals surface area contributed by atoms with Gasteiger partial charge in [-0.3, -0.25) is 9.36 Å². The molecule has 0 aliphatic heterocycles. The number of amides is 1. The van der Waals surface area contributed by atoms with Crippen LogP contribution in [0.1, 0.15) is 24.7 Å². The smallest absolute Gasteiger partial charge is 0.234 e. The third-order valence-corrected chi connectivity index (χ3v) is 6.27. The number of nitrogens with one attached hydrogen (secondary N) is 1. The zero-order valence-corrected chi connectivity index (χ0v) is 18.5. The summed E-state index contributed by atoms with van der Waals surface area (Å²) < 4.78 is 8.75. The van der Waals surface area contributed by atoms with Crippen molar-refractivity contribution in [1.82, 2.24) is 14.8 Å². The largest absolute Gasteiger partial charge is 0.484 e. The average Bonchev–Trinajstić information content (AvgIpc) is 3.47. The number of aromatic nitrogens is 3. The third kappa shape index (κ3) is 5.12. The molecule has 1 saturated carbocycles. The predicted molar refractivity (Wildman–Crippen MR) is 118 cm³/mol. The van der Waals surface area contributed by atoms with E-state index in [4.69, 9.17) is 16.3 Å². The Bertz CT molecular complexity index is 1030. The van der Waals surface area contributed by atoms with Crippen molar-refractivity contribution in [2.75, 3.05) is 11.1 Å². The van der Waals surface area contributed by atoms with E-state index in [-0.39, 0.29) is 18.3 Å². The van der Waals surface area contributed by atoms with Crippen molar-refractivity contribution in [3.8, 4) is 5.75 Å². The van der Waals surface area contributed by atoms with E-state index in [9.17, 15) is 4.79 Å². The highest BCUT2D eigenvalue weighted by Gasteiger charge is 2.30. The Morgan fingerprint density at radius 2 is 1.97 bits per heavy atom. The second kappa shape index (κ2) is 9.19. The summed E-state index contributed by atoms with van der Waals surface area (Å²) in [6.45, 7) is 0.275. The Hall–Kier alpha value is -2.03. The summed E-state index contributed by atoms with van der Waals surface area (Å²) in [4.78, 5) is 12.3. The van der Waals surface area contributed by atoms with Gasteiger partial charge in [-0.15, -0.1) is 10.2 Å². The number of carbonyl (C=O) groups is 1. The Morgan fingerprint density at radius 1 is 1.21 bits per heavy atom. The van der Waals surface area contributed by atoms with Gasteiger partial charge in [0, 0.05) is 10.5 Å². The van der Waals surface area contributed by atoms with Gasteiger partial charge in [-0.2, -0.15) is 0 Å². The van der Waals surface area contributed by atoms with Gasteiger partial charge in [-0.05, 0) is 53.0 Å². The molecular formula is C20H18BrClN4O2S. The predicted octanol–water partition coefficient (Wildman–Crippen LogP) is 5.34. The maximum absolute atomic E-state index is 12.3. The van der Waals surface area contributed by atoms with Gasteiger partial charge in [-0.25, -0.2) is 0 Å². The normalized spacial score (nSPS) is 13.3. The number of hydrogen-bond acceptors (Lipinski definition) is 5. The molecule has 0 unspecified atom stereocenters. The molecule has 0 spiro atoms. The molecular weight excluding hydrogens is 476 g/mol. The van der Waals surface area contributed by atoms with Crippen molar-refractivity contribution in [3.05, 3.63) is 63.9 Å². The number of para-hydroxylation sites is 2. The van der Waals surface area contributed by atoms with Crippen LogP contribution in [0.4, 0.5) is 5.69 Å². The lowest BCUT2D eigenvalue weighted by Crippen LogP contribution is -2.15. The fourth-order valence-corrected chi connectivity index (χ4v) is 4.19. The summed E-state index contributed by atoms with van der Waals surface area (Å²) in [5, 5.41) is 12.8. The minimum atomic E-state index is -0.0962. The highest BCUT2D eigenvalue weighted by Crippen LogP contribution is 2.39. The molecule has 1 amide bonds. The van der Waals surface area contributed by atoms with Gasteiger partial charge in [0.05, 0.1) is 16.5 Å². The number of carbonyl (C=O) groups excluding carboxylic acids is 1. The van der Waals surface area contributed by atoms with Gasteiger partial charge < -0.3 is 10.1 Å². The standard InChI is InChI=1S/C20H18BrClN4O2S/c21-14-5-1-3-7-16(14)23-19(27)12-29-20-25-24-18(26(20)13-9-10-13)11-28-17-8-4-2-6-15(17)22/h1-8,13H,9-12H2,(H,23,27). The molecule has 29 heavy (non-hydrogen) atoms. The Balaban J connectivity index is 1.40. The van der Waals surface area contributed by atoms with Crippen LogP contribution in [-0.4, -0.2) is 26.4 Å². The van der Waals surface area contributed by atoms with Gasteiger partial charge in [-0.1, -0.05) is 47.6 Å². The fraction of sp³-hybridized carbons (Fsp3) is 0.250. The van der Waals surface area contributed by atoms with Crippen LogP contribution >= 0.6 is 39.3 Å². The maximum atomic E-state index is 12.3. The number of halogens is 2. The first-order chi connectivity index (χ1) is 14.1. The molecule has 1 heterocycles. The molecule has 3 aromatic rings. The van der Waals surface area contributed by atoms with E-state index in [0.29, 0.717) is 16.8 Å². The molecule has 4 rings (SSSR count). The molecule has 1 fully saturated rings. The number of hydrogen-bond donors (Lipinski definition) is 1. The number of ether oxygens (including phenoxy) is 1.